The third-order valence-electron chi connectivity index (χ3n) is 3.79. The molecule has 0 spiro atoms. The van der Waals surface area contributed by atoms with Crippen LogP contribution in [0, 0.1) is 6.92 Å². The quantitative estimate of drug-likeness (QED) is 0.738. The molecule has 25 heavy (non-hydrogen) atoms. The second-order valence-electron chi connectivity index (χ2n) is 6.79. The molecular weight excluding hydrogens is 349 g/mol. The Morgan fingerprint density at radius 1 is 1.24 bits per heavy atom. The van der Waals surface area contributed by atoms with Crippen LogP contribution in [0.25, 0.3) is 0 Å². The Kier molecular flexibility index (Phi) is 5.27. The molecule has 1 aromatic heterocycles. The minimum absolute atomic E-state index is 0.0687. The van der Waals surface area contributed by atoms with Gasteiger partial charge in [-0.1, -0.05) is 26.8 Å². The molecule has 1 heterocycles. The fourth-order valence-electron chi connectivity index (χ4n) is 2.62. The molecule has 1 amide bonds. The number of carbonyl (C=O) groups excluding carboxylic acids is 1. The smallest absolute Gasteiger partial charge is 0.321 e. The van der Waals surface area contributed by atoms with Crippen LogP contribution in [0.2, 0.25) is 0 Å². The molecule has 0 N–H and O–H groups in total. The molecule has 3 nitrogen and oxygen atoms in total. The summed E-state index contributed by atoms with van der Waals surface area (Å²) in [5, 5.41) is 0. The molecule has 0 saturated heterocycles. The third kappa shape index (κ3) is 4.21. The van der Waals surface area contributed by atoms with Crippen LogP contribution < -0.4 is 4.80 Å². The molecule has 1 aromatic carbocycles. The zero-order valence-corrected chi connectivity index (χ0v) is 15.7. The summed E-state index contributed by atoms with van der Waals surface area (Å²) in [5.74, 6) is -0.671. The van der Waals surface area contributed by atoms with E-state index in [9.17, 15) is 18.0 Å². The van der Waals surface area contributed by atoms with Crippen LogP contribution in [0.5, 0.6) is 0 Å². The molecule has 0 saturated carbocycles. The van der Waals surface area contributed by atoms with E-state index in [0.29, 0.717) is 11.3 Å². The maximum absolute atomic E-state index is 12.8. The highest BCUT2D eigenvalue weighted by Gasteiger charge is 2.31. The predicted octanol–water partition coefficient (Wildman–Crippen LogP) is 4.94. The second-order valence-corrected chi connectivity index (χ2v) is 7.77. The molecule has 136 valence electrons. The van der Waals surface area contributed by atoms with Gasteiger partial charge in [0.1, 0.15) is 0 Å². The van der Waals surface area contributed by atoms with Crippen molar-refractivity contribution in [3.63, 3.8) is 0 Å². The lowest BCUT2D eigenvalue weighted by Crippen LogP contribution is -2.18. The van der Waals surface area contributed by atoms with Crippen molar-refractivity contribution < 1.29 is 18.0 Å². The van der Waals surface area contributed by atoms with Crippen molar-refractivity contribution in [1.82, 2.24) is 4.57 Å². The summed E-state index contributed by atoms with van der Waals surface area (Å²) in [5.41, 5.74) is 0.00434. The van der Waals surface area contributed by atoms with E-state index >= 15 is 0 Å². The van der Waals surface area contributed by atoms with Crippen molar-refractivity contribution >= 4 is 17.2 Å². The topological polar surface area (TPSA) is 34.4 Å². The van der Waals surface area contributed by atoms with E-state index in [1.165, 1.54) is 23.5 Å². The van der Waals surface area contributed by atoms with E-state index in [-0.39, 0.29) is 11.0 Å². The molecule has 0 aliphatic rings. The summed E-state index contributed by atoms with van der Waals surface area (Å²) in [6, 6.07) is 4.35. The van der Waals surface area contributed by atoms with Crippen LogP contribution in [0.3, 0.4) is 0 Å². The van der Waals surface area contributed by atoms with Crippen molar-refractivity contribution in [3.8, 4) is 0 Å². The average Bonchev–Trinajstić information content (AvgIpc) is 2.82. The van der Waals surface area contributed by atoms with E-state index in [1.807, 2.05) is 18.4 Å². The van der Waals surface area contributed by atoms with Gasteiger partial charge in [-0.2, -0.15) is 18.2 Å². The highest BCUT2D eigenvalue weighted by Crippen LogP contribution is 2.30. The number of halogens is 3. The molecule has 0 atom stereocenters. The number of hydrogen-bond acceptors (Lipinski definition) is 2. The van der Waals surface area contributed by atoms with Crippen LogP contribution in [0.1, 0.15) is 54.2 Å². The fourth-order valence-corrected chi connectivity index (χ4v) is 3.87. The summed E-state index contributed by atoms with van der Waals surface area (Å²) in [6.45, 7) is 10.8. The van der Waals surface area contributed by atoms with Crippen molar-refractivity contribution in [1.29, 1.82) is 0 Å². The van der Waals surface area contributed by atoms with Crippen molar-refractivity contribution in [3.05, 3.63) is 50.8 Å². The largest absolute Gasteiger partial charge is 0.416 e. The number of benzene rings is 1. The number of amides is 1. The molecule has 2 aromatic rings. The molecule has 0 radical (unpaired) electrons. The number of nitrogens with zero attached hydrogens (tertiary/aromatic N) is 2. The summed E-state index contributed by atoms with van der Waals surface area (Å²) < 4.78 is 40.4. The van der Waals surface area contributed by atoms with E-state index in [4.69, 9.17) is 0 Å². The summed E-state index contributed by atoms with van der Waals surface area (Å²) in [4.78, 5) is 18.1. The zero-order valence-electron chi connectivity index (χ0n) is 14.9. The van der Waals surface area contributed by atoms with Crippen LogP contribution >= 0.6 is 11.3 Å². The van der Waals surface area contributed by atoms with Crippen molar-refractivity contribution in [2.45, 2.75) is 52.8 Å². The van der Waals surface area contributed by atoms with E-state index in [0.717, 1.165) is 22.7 Å². The molecule has 0 aliphatic heterocycles. The molecular formula is C18H21F3N2OS. The SMILES string of the molecule is CCn1c(C)c(C(C)(C)C)s/c1=N\C(=O)c1cccc(C(F)(F)F)c1. The van der Waals surface area contributed by atoms with Gasteiger partial charge in [-0.25, -0.2) is 0 Å². The second kappa shape index (κ2) is 6.78. The first-order chi connectivity index (χ1) is 11.4. The number of alkyl halides is 3. The predicted molar refractivity (Wildman–Crippen MR) is 92.8 cm³/mol. The van der Waals surface area contributed by atoms with Crippen molar-refractivity contribution in [2.75, 3.05) is 0 Å². The van der Waals surface area contributed by atoms with Crippen LogP contribution in [-0.2, 0) is 18.1 Å². The van der Waals surface area contributed by atoms with Gasteiger partial charge in [0.25, 0.3) is 5.91 Å². The molecule has 2 rings (SSSR count). The maximum Gasteiger partial charge on any atom is 0.416 e. The third-order valence-corrected chi connectivity index (χ3v) is 5.40. The van der Waals surface area contributed by atoms with Gasteiger partial charge in [-0.15, -0.1) is 11.3 Å². The first-order valence-corrected chi connectivity index (χ1v) is 8.73. The highest BCUT2D eigenvalue weighted by atomic mass is 32.1. The number of hydrogen-bond donors (Lipinski definition) is 0. The van der Waals surface area contributed by atoms with Gasteiger partial charge in [-0.3, -0.25) is 4.79 Å². The van der Waals surface area contributed by atoms with Crippen LogP contribution in [-0.4, -0.2) is 10.5 Å². The lowest BCUT2D eigenvalue weighted by Gasteiger charge is -2.17. The number of aromatic nitrogens is 1. The summed E-state index contributed by atoms with van der Waals surface area (Å²) >= 11 is 1.40. The van der Waals surface area contributed by atoms with Gasteiger partial charge in [-0.05, 0) is 37.5 Å². The molecule has 0 aliphatic carbocycles. The maximum atomic E-state index is 12.8. The van der Waals surface area contributed by atoms with E-state index in [2.05, 4.69) is 25.8 Å². The monoisotopic (exact) mass is 370 g/mol. The van der Waals surface area contributed by atoms with E-state index < -0.39 is 17.6 Å². The molecule has 7 heteroatoms. The Morgan fingerprint density at radius 2 is 1.88 bits per heavy atom. The molecule has 0 unspecified atom stereocenters. The standard InChI is InChI=1S/C18H21F3N2OS/c1-6-23-11(2)14(17(3,4)5)25-16(23)22-15(24)12-8-7-9-13(10-12)18(19,20)21/h7-10H,6H2,1-5H3/b22-16-. The minimum Gasteiger partial charge on any atom is -0.321 e. The average molecular weight is 370 g/mol. The lowest BCUT2D eigenvalue weighted by molar-refractivity contribution is -0.137. The molecule has 0 fully saturated rings. The Balaban J connectivity index is 2.53. The first kappa shape index (κ1) is 19.4. The van der Waals surface area contributed by atoms with Crippen molar-refractivity contribution in [2.24, 2.45) is 4.99 Å². The minimum atomic E-state index is -4.49. The first-order valence-electron chi connectivity index (χ1n) is 7.92. The Hall–Kier alpha value is -1.89. The van der Waals surface area contributed by atoms with Gasteiger partial charge in [0.05, 0.1) is 5.56 Å². The number of carbonyl (C=O) groups is 1. The molecule has 0 bridgehead atoms. The van der Waals surface area contributed by atoms with Gasteiger partial charge in [0, 0.05) is 22.7 Å². The normalized spacial score (nSPS) is 13.4. The Bertz CT molecular complexity index is 854. The van der Waals surface area contributed by atoms with Gasteiger partial charge in [0.15, 0.2) is 4.80 Å². The highest BCUT2D eigenvalue weighted by molar-refractivity contribution is 7.09. The van der Waals surface area contributed by atoms with Crippen LogP contribution in [0.15, 0.2) is 29.3 Å². The fraction of sp³-hybridized carbons (Fsp3) is 0.444. The van der Waals surface area contributed by atoms with Gasteiger partial charge in [0.2, 0.25) is 0 Å². The Labute approximate surface area is 148 Å². The summed E-state index contributed by atoms with van der Waals surface area (Å²) in [7, 11) is 0. The lowest BCUT2D eigenvalue weighted by atomic mass is 9.93. The number of thiazole rings is 1. The number of rotatable bonds is 2. The summed E-state index contributed by atoms with van der Waals surface area (Å²) in [6.07, 6.45) is -4.49. The zero-order chi connectivity index (χ0) is 19.0. The van der Waals surface area contributed by atoms with Gasteiger partial charge >= 0.3 is 6.18 Å². The van der Waals surface area contributed by atoms with Crippen LogP contribution in [0.4, 0.5) is 13.2 Å². The van der Waals surface area contributed by atoms with E-state index in [1.54, 1.807) is 0 Å². The Morgan fingerprint density at radius 3 is 2.40 bits per heavy atom. The van der Waals surface area contributed by atoms with Gasteiger partial charge < -0.3 is 4.57 Å².